The maximum absolute atomic E-state index is 13.1. The highest BCUT2D eigenvalue weighted by Gasteiger charge is 2.23. The molecule has 0 saturated carbocycles. The van der Waals surface area contributed by atoms with Crippen LogP contribution >= 0.6 is 0 Å². The number of amides is 1. The molecule has 0 spiro atoms. The van der Waals surface area contributed by atoms with E-state index in [2.05, 4.69) is 15.4 Å². The van der Waals surface area contributed by atoms with Gasteiger partial charge in [-0.1, -0.05) is 6.07 Å². The second kappa shape index (κ2) is 8.43. The molecule has 1 atom stereocenters. The predicted molar refractivity (Wildman–Crippen MR) is 99.2 cm³/mol. The third-order valence-electron chi connectivity index (χ3n) is 4.24. The van der Waals surface area contributed by atoms with Crippen LogP contribution in [0.15, 0.2) is 42.7 Å². The quantitative estimate of drug-likeness (QED) is 0.733. The van der Waals surface area contributed by atoms with Crippen LogP contribution in [-0.2, 0) is 0 Å². The highest BCUT2D eigenvalue weighted by molar-refractivity contribution is 5.93. The number of hydrogen-bond acceptors (Lipinski definition) is 5. The van der Waals surface area contributed by atoms with Crippen molar-refractivity contribution >= 4 is 17.4 Å². The highest BCUT2D eigenvalue weighted by Crippen LogP contribution is 2.21. The Morgan fingerprint density at radius 2 is 2.21 bits per heavy atom. The molecule has 2 aromatic heterocycles. The summed E-state index contributed by atoms with van der Waals surface area (Å²) in [7, 11) is 1.51. The van der Waals surface area contributed by atoms with Gasteiger partial charge in [-0.05, 0) is 30.7 Å². The number of carbonyl (C=O) groups is 1. The molecule has 144 valence electrons. The summed E-state index contributed by atoms with van der Waals surface area (Å²) in [6, 6.07) is 9.38. The summed E-state index contributed by atoms with van der Waals surface area (Å²) < 4.78 is 27.1. The summed E-state index contributed by atoms with van der Waals surface area (Å²) in [6.45, 7) is 1.04. The Balaban J connectivity index is 0.000000178. The maximum atomic E-state index is 13.1. The fraction of sp³-hybridized carbons (Fsp3) is 0.263. The number of nitriles is 1. The number of aromatic nitrogens is 3. The van der Waals surface area contributed by atoms with E-state index in [1.54, 1.807) is 22.8 Å². The average molecular weight is 384 g/mol. The first-order valence-corrected chi connectivity index (χ1v) is 8.63. The summed E-state index contributed by atoms with van der Waals surface area (Å²) in [5.74, 6) is 0.0326. The lowest BCUT2D eigenvalue weighted by molar-refractivity contribution is 0.0962. The molecule has 28 heavy (non-hydrogen) atoms. The highest BCUT2D eigenvalue weighted by atomic mass is 19.1. The molecule has 3 heterocycles. The van der Waals surface area contributed by atoms with Gasteiger partial charge in [0, 0.05) is 25.4 Å². The van der Waals surface area contributed by atoms with Crippen molar-refractivity contribution in [1.29, 1.82) is 5.26 Å². The minimum absolute atomic E-state index is 0.274. The molecule has 1 aliphatic heterocycles. The molecule has 1 aliphatic rings. The molecule has 3 aromatic rings. The fourth-order valence-corrected chi connectivity index (χ4v) is 2.81. The number of fused-ring (bicyclic) bond motifs is 1. The van der Waals surface area contributed by atoms with E-state index in [9.17, 15) is 13.6 Å². The number of carbonyl (C=O) groups excluding carboxylic acids is 1. The van der Waals surface area contributed by atoms with Crippen LogP contribution in [0.2, 0.25) is 0 Å². The molecular formula is C19H18F2N6O. The van der Waals surface area contributed by atoms with Crippen LogP contribution in [0.1, 0.15) is 22.3 Å². The summed E-state index contributed by atoms with van der Waals surface area (Å²) >= 11 is 0. The zero-order valence-electron chi connectivity index (χ0n) is 15.1. The van der Waals surface area contributed by atoms with Gasteiger partial charge in [0.1, 0.15) is 29.4 Å². The van der Waals surface area contributed by atoms with Gasteiger partial charge >= 0.3 is 0 Å². The first-order chi connectivity index (χ1) is 13.5. The molecule has 1 amide bonds. The van der Waals surface area contributed by atoms with Gasteiger partial charge in [0.2, 0.25) is 0 Å². The van der Waals surface area contributed by atoms with Crippen LogP contribution in [-0.4, -0.2) is 46.8 Å². The van der Waals surface area contributed by atoms with E-state index in [1.165, 1.54) is 31.4 Å². The van der Waals surface area contributed by atoms with Crippen molar-refractivity contribution in [2.45, 2.75) is 12.6 Å². The van der Waals surface area contributed by atoms with Crippen LogP contribution in [0.25, 0.3) is 5.65 Å². The van der Waals surface area contributed by atoms with Crippen molar-refractivity contribution < 1.29 is 13.6 Å². The third-order valence-corrected chi connectivity index (χ3v) is 4.24. The number of halogens is 2. The van der Waals surface area contributed by atoms with E-state index in [0.717, 1.165) is 0 Å². The smallest absolute Gasteiger partial charge is 0.251 e. The molecule has 1 N–H and O–H groups in total. The van der Waals surface area contributed by atoms with Gasteiger partial charge in [0.05, 0.1) is 12.7 Å². The molecule has 0 radical (unpaired) electrons. The van der Waals surface area contributed by atoms with Crippen LogP contribution in [0.3, 0.4) is 0 Å². The van der Waals surface area contributed by atoms with Gasteiger partial charge in [-0.3, -0.25) is 4.79 Å². The van der Waals surface area contributed by atoms with Crippen LogP contribution in [0.4, 0.5) is 14.6 Å². The first-order valence-electron chi connectivity index (χ1n) is 8.63. The predicted octanol–water partition coefficient (Wildman–Crippen LogP) is 2.33. The van der Waals surface area contributed by atoms with Crippen molar-refractivity contribution in [1.82, 2.24) is 19.9 Å². The second-order valence-electron chi connectivity index (χ2n) is 6.15. The Morgan fingerprint density at radius 3 is 2.86 bits per heavy atom. The lowest BCUT2D eigenvalue weighted by atomic mass is 10.2. The van der Waals surface area contributed by atoms with Crippen molar-refractivity contribution in [3.63, 3.8) is 0 Å². The molecule has 4 rings (SSSR count). The van der Waals surface area contributed by atoms with E-state index in [4.69, 9.17) is 5.26 Å². The van der Waals surface area contributed by atoms with E-state index >= 15 is 0 Å². The lowest BCUT2D eigenvalue weighted by Crippen LogP contribution is -2.21. The Bertz CT molecular complexity index is 1030. The van der Waals surface area contributed by atoms with E-state index in [1.807, 2.05) is 11.0 Å². The van der Waals surface area contributed by atoms with Gasteiger partial charge in [0.25, 0.3) is 5.91 Å². The van der Waals surface area contributed by atoms with E-state index in [-0.39, 0.29) is 5.91 Å². The monoisotopic (exact) mass is 384 g/mol. The third kappa shape index (κ3) is 4.23. The maximum Gasteiger partial charge on any atom is 0.251 e. The molecular weight excluding hydrogens is 366 g/mol. The number of rotatable bonds is 2. The summed E-state index contributed by atoms with van der Waals surface area (Å²) in [5.41, 5.74) is 1.29. The fourth-order valence-electron chi connectivity index (χ4n) is 2.81. The zero-order valence-corrected chi connectivity index (χ0v) is 15.1. The van der Waals surface area contributed by atoms with Crippen molar-refractivity contribution in [3.05, 3.63) is 59.7 Å². The van der Waals surface area contributed by atoms with Crippen LogP contribution < -0.4 is 10.2 Å². The number of benzene rings is 1. The Hall–Kier alpha value is -3.54. The zero-order chi connectivity index (χ0) is 20.1. The number of hydrogen-bond donors (Lipinski definition) is 1. The molecule has 9 heteroatoms. The SMILES string of the molecule is CNC(=O)c1cccc(F)c1.N#Cc1cnn2ccc(N3CCC(F)C3)nc12. The Kier molecular flexibility index (Phi) is 5.79. The molecule has 0 aliphatic carbocycles. The molecule has 0 bridgehead atoms. The van der Waals surface area contributed by atoms with Crippen molar-refractivity contribution in [2.75, 3.05) is 25.0 Å². The Morgan fingerprint density at radius 1 is 1.39 bits per heavy atom. The Labute approximate surface area is 160 Å². The molecule has 1 aromatic carbocycles. The number of alkyl halides is 1. The average Bonchev–Trinajstić information content (AvgIpc) is 3.33. The van der Waals surface area contributed by atoms with E-state index in [0.29, 0.717) is 42.1 Å². The molecule has 1 unspecified atom stereocenters. The minimum atomic E-state index is -0.784. The summed E-state index contributed by atoms with van der Waals surface area (Å²) in [4.78, 5) is 17.1. The molecule has 1 fully saturated rings. The van der Waals surface area contributed by atoms with Gasteiger partial charge in [-0.25, -0.2) is 18.3 Å². The standard InChI is InChI=1S/C11H10FN5.C8H8FNO/c12-9-1-3-16(7-9)10-2-4-17-11(15-10)8(5-13)6-14-17;1-10-8(11)6-3-2-4-7(9)5-6/h2,4,6,9H,1,3,7H2;2-5H,1H3,(H,10,11). The van der Waals surface area contributed by atoms with Gasteiger partial charge in [0.15, 0.2) is 5.65 Å². The van der Waals surface area contributed by atoms with Crippen LogP contribution in [0, 0.1) is 17.1 Å². The second-order valence-corrected chi connectivity index (χ2v) is 6.15. The minimum Gasteiger partial charge on any atom is -0.355 e. The van der Waals surface area contributed by atoms with Crippen molar-refractivity contribution in [3.8, 4) is 6.07 Å². The topological polar surface area (TPSA) is 86.3 Å². The number of anilines is 1. The van der Waals surface area contributed by atoms with Crippen molar-refractivity contribution in [2.24, 2.45) is 0 Å². The normalized spacial score (nSPS) is 15.6. The first kappa shape index (κ1) is 19.2. The van der Waals surface area contributed by atoms with Gasteiger partial charge in [-0.2, -0.15) is 10.4 Å². The van der Waals surface area contributed by atoms with Gasteiger partial charge < -0.3 is 10.2 Å². The molecule has 7 nitrogen and oxygen atoms in total. The summed E-state index contributed by atoms with van der Waals surface area (Å²) in [6.07, 6.45) is 2.98. The van der Waals surface area contributed by atoms with Gasteiger partial charge in [-0.15, -0.1) is 0 Å². The number of nitrogens with one attached hydrogen (secondary N) is 1. The molecule has 1 saturated heterocycles. The summed E-state index contributed by atoms with van der Waals surface area (Å²) in [5, 5.41) is 15.3. The lowest BCUT2D eigenvalue weighted by Gasteiger charge is -2.15. The largest absolute Gasteiger partial charge is 0.355 e. The van der Waals surface area contributed by atoms with Crippen LogP contribution in [0.5, 0.6) is 0 Å². The van der Waals surface area contributed by atoms with E-state index < -0.39 is 12.0 Å². The number of nitrogens with zero attached hydrogens (tertiary/aromatic N) is 5.